The molecule has 1 aromatic heterocycles. The SMILES string of the molecule is CCC(C)Oc1cccc(CNCc2ccco2)c1. The van der Waals surface area contributed by atoms with Crippen LogP contribution >= 0.6 is 0 Å². The molecule has 102 valence electrons. The Labute approximate surface area is 114 Å². The summed E-state index contributed by atoms with van der Waals surface area (Å²) >= 11 is 0. The number of nitrogens with one attached hydrogen (secondary N) is 1. The van der Waals surface area contributed by atoms with Crippen LogP contribution in [0.15, 0.2) is 47.1 Å². The predicted molar refractivity (Wildman–Crippen MR) is 76.1 cm³/mol. The molecule has 0 saturated carbocycles. The molecule has 0 bridgehead atoms. The quantitative estimate of drug-likeness (QED) is 0.822. The first-order valence-corrected chi connectivity index (χ1v) is 6.76. The molecule has 1 atom stereocenters. The van der Waals surface area contributed by atoms with Gasteiger partial charge in [0.1, 0.15) is 11.5 Å². The lowest BCUT2D eigenvalue weighted by atomic mass is 10.2. The zero-order valence-electron chi connectivity index (χ0n) is 11.6. The van der Waals surface area contributed by atoms with Crippen LogP contribution in [0.25, 0.3) is 0 Å². The molecule has 1 unspecified atom stereocenters. The molecule has 1 N–H and O–H groups in total. The van der Waals surface area contributed by atoms with Gasteiger partial charge >= 0.3 is 0 Å². The third-order valence-corrected chi connectivity index (χ3v) is 3.02. The first-order valence-electron chi connectivity index (χ1n) is 6.76. The second kappa shape index (κ2) is 7.00. The van der Waals surface area contributed by atoms with Crippen molar-refractivity contribution in [2.75, 3.05) is 0 Å². The lowest BCUT2D eigenvalue weighted by Gasteiger charge is -2.13. The van der Waals surface area contributed by atoms with E-state index >= 15 is 0 Å². The van der Waals surface area contributed by atoms with Gasteiger partial charge in [-0.1, -0.05) is 19.1 Å². The molecule has 0 fully saturated rings. The average Bonchev–Trinajstić information content (AvgIpc) is 2.92. The van der Waals surface area contributed by atoms with E-state index in [4.69, 9.17) is 9.15 Å². The van der Waals surface area contributed by atoms with Crippen molar-refractivity contribution in [3.63, 3.8) is 0 Å². The number of rotatable bonds is 7. The third-order valence-electron chi connectivity index (χ3n) is 3.02. The van der Waals surface area contributed by atoms with E-state index in [1.807, 2.05) is 24.3 Å². The minimum atomic E-state index is 0.256. The fourth-order valence-corrected chi connectivity index (χ4v) is 1.79. The van der Waals surface area contributed by atoms with Gasteiger partial charge in [-0.2, -0.15) is 0 Å². The van der Waals surface area contributed by atoms with Crippen LogP contribution in [-0.4, -0.2) is 6.10 Å². The highest BCUT2D eigenvalue weighted by Gasteiger charge is 2.02. The van der Waals surface area contributed by atoms with Crippen LogP contribution < -0.4 is 10.1 Å². The fraction of sp³-hybridized carbons (Fsp3) is 0.375. The maximum Gasteiger partial charge on any atom is 0.120 e. The standard InChI is InChI=1S/C16H21NO2/c1-3-13(2)19-15-7-4-6-14(10-15)11-17-12-16-8-5-9-18-16/h4-10,13,17H,3,11-12H2,1-2H3. The second-order valence-corrected chi connectivity index (χ2v) is 4.67. The van der Waals surface area contributed by atoms with Gasteiger partial charge in [-0.05, 0) is 43.2 Å². The molecular weight excluding hydrogens is 238 g/mol. The maximum atomic E-state index is 5.81. The van der Waals surface area contributed by atoms with Gasteiger partial charge in [0.25, 0.3) is 0 Å². The second-order valence-electron chi connectivity index (χ2n) is 4.67. The lowest BCUT2D eigenvalue weighted by Crippen LogP contribution is -2.13. The van der Waals surface area contributed by atoms with Crippen LogP contribution in [0.3, 0.4) is 0 Å². The van der Waals surface area contributed by atoms with Gasteiger partial charge in [-0.25, -0.2) is 0 Å². The van der Waals surface area contributed by atoms with Gasteiger partial charge in [-0.15, -0.1) is 0 Å². The summed E-state index contributed by atoms with van der Waals surface area (Å²) in [6, 6.07) is 12.1. The van der Waals surface area contributed by atoms with Gasteiger partial charge < -0.3 is 14.5 Å². The van der Waals surface area contributed by atoms with Gasteiger partial charge in [0.2, 0.25) is 0 Å². The van der Waals surface area contributed by atoms with E-state index in [0.717, 1.165) is 31.0 Å². The van der Waals surface area contributed by atoms with Crippen LogP contribution in [0.2, 0.25) is 0 Å². The van der Waals surface area contributed by atoms with Gasteiger partial charge in [0.15, 0.2) is 0 Å². The zero-order chi connectivity index (χ0) is 13.5. The summed E-state index contributed by atoms with van der Waals surface area (Å²) in [5.74, 6) is 1.89. The highest BCUT2D eigenvalue weighted by molar-refractivity contribution is 5.28. The summed E-state index contributed by atoms with van der Waals surface area (Å²) in [5, 5.41) is 3.35. The van der Waals surface area contributed by atoms with Crippen molar-refractivity contribution < 1.29 is 9.15 Å². The monoisotopic (exact) mass is 259 g/mol. The smallest absolute Gasteiger partial charge is 0.120 e. The molecule has 0 spiro atoms. The summed E-state index contributed by atoms with van der Waals surface area (Å²) in [5.41, 5.74) is 1.22. The predicted octanol–water partition coefficient (Wildman–Crippen LogP) is 3.75. The zero-order valence-corrected chi connectivity index (χ0v) is 11.6. The Morgan fingerprint density at radius 1 is 1.21 bits per heavy atom. The van der Waals surface area contributed by atoms with Crippen molar-refractivity contribution in [3.05, 3.63) is 54.0 Å². The van der Waals surface area contributed by atoms with Crippen molar-refractivity contribution in [1.29, 1.82) is 0 Å². The Balaban J connectivity index is 1.84. The molecule has 3 heteroatoms. The summed E-state index contributed by atoms with van der Waals surface area (Å²) in [4.78, 5) is 0. The van der Waals surface area contributed by atoms with Crippen molar-refractivity contribution in [2.45, 2.75) is 39.5 Å². The molecule has 0 amide bonds. The number of benzene rings is 1. The molecule has 19 heavy (non-hydrogen) atoms. The largest absolute Gasteiger partial charge is 0.491 e. The maximum absolute atomic E-state index is 5.81. The average molecular weight is 259 g/mol. The van der Waals surface area contributed by atoms with E-state index in [9.17, 15) is 0 Å². The van der Waals surface area contributed by atoms with Crippen molar-refractivity contribution in [3.8, 4) is 5.75 Å². The Kier molecular flexibility index (Phi) is 5.04. The minimum Gasteiger partial charge on any atom is -0.491 e. The van der Waals surface area contributed by atoms with Gasteiger partial charge in [0, 0.05) is 6.54 Å². The van der Waals surface area contributed by atoms with Crippen molar-refractivity contribution in [2.24, 2.45) is 0 Å². The molecule has 3 nitrogen and oxygen atoms in total. The van der Waals surface area contributed by atoms with Crippen molar-refractivity contribution in [1.82, 2.24) is 5.32 Å². The summed E-state index contributed by atoms with van der Waals surface area (Å²) < 4.78 is 11.1. The Bertz CT molecular complexity index is 479. The number of hydrogen-bond donors (Lipinski definition) is 1. The first kappa shape index (κ1) is 13.7. The fourth-order valence-electron chi connectivity index (χ4n) is 1.79. The van der Waals surface area contributed by atoms with Crippen LogP contribution in [0.4, 0.5) is 0 Å². The minimum absolute atomic E-state index is 0.256. The highest BCUT2D eigenvalue weighted by Crippen LogP contribution is 2.16. The molecule has 2 rings (SSSR count). The van der Waals surface area contributed by atoms with Crippen molar-refractivity contribution >= 4 is 0 Å². The van der Waals surface area contributed by atoms with E-state index in [1.54, 1.807) is 6.26 Å². The topological polar surface area (TPSA) is 34.4 Å². The van der Waals surface area contributed by atoms with Gasteiger partial charge in [0.05, 0.1) is 18.9 Å². The summed E-state index contributed by atoms with van der Waals surface area (Å²) in [7, 11) is 0. The van der Waals surface area contributed by atoms with Crippen LogP contribution in [0, 0.1) is 0 Å². The number of furan rings is 1. The third kappa shape index (κ3) is 4.45. The van der Waals surface area contributed by atoms with Crippen LogP contribution in [0.1, 0.15) is 31.6 Å². The summed E-state index contributed by atoms with van der Waals surface area (Å²) in [6.07, 6.45) is 2.96. The molecule has 0 aliphatic carbocycles. The molecule has 2 aromatic rings. The summed E-state index contributed by atoms with van der Waals surface area (Å²) in [6.45, 7) is 5.75. The normalized spacial score (nSPS) is 12.3. The molecule has 0 radical (unpaired) electrons. The first-order chi connectivity index (χ1) is 9.28. The van der Waals surface area contributed by atoms with E-state index in [0.29, 0.717) is 0 Å². The molecule has 0 saturated heterocycles. The van der Waals surface area contributed by atoms with Gasteiger partial charge in [-0.3, -0.25) is 0 Å². The van der Waals surface area contributed by atoms with E-state index in [1.165, 1.54) is 5.56 Å². The van der Waals surface area contributed by atoms with E-state index in [-0.39, 0.29) is 6.10 Å². The molecular formula is C16H21NO2. The van der Waals surface area contributed by atoms with E-state index < -0.39 is 0 Å². The Morgan fingerprint density at radius 3 is 2.84 bits per heavy atom. The van der Waals surface area contributed by atoms with Crippen LogP contribution in [-0.2, 0) is 13.1 Å². The van der Waals surface area contributed by atoms with E-state index in [2.05, 4.69) is 31.3 Å². The number of ether oxygens (including phenoxy) is 1. The molecule has 0 aliphatic rings. The highest BCUT2D eigenvalue weighted by atomic mass is 16.5. The lowest BCUT2D eigenvalue weighted by molar-refractivity contribution is 0.217. The number of hydrogen-bond acceptors (Lipinski definition) is 3. The Hall–Kier alpha value is -1.74. The van der Waals surface area contributed by atoms with Crippen LogP contribution in [0.5, 0.6) is 5.75 Å². The molecule has 0 aliphatic heterocycles. The Morgan fingerprint density at radius 2 is 2.11 bits per heavy atom. The molecule has 1 aromatic carbocycles. The molecule has 1 heterocycles.